The quantitative estimate of drug-likeness (QED) is 0.791. The standard InChI is InChI=1S/C17H20N6S/c1-22-12-19-16(21-22)13-3-2-4-15(11-13)20-14-5-8-23(9-6-14)17-18-7-10-24-17/h2-4,7,10-12,14,20H,5-6,8-9H2,1H3. The van der Waals surface area contributed by atoms with Crippen molar-refractivity contribution < 1.29 is 0 Å². The Labute approximate surface area is 145 Å². The molecule has 1 saturated heterocycles. The average molecular weight is 340 g/mol. The minimum Gasteiger partial charge on any atom is -0.382 e. The Morgan fingerprint density at radius 1 is 1.21 bits per heavy atom. The van der Waals surface area contributed by atoms with Gasteiger partial charge in [0.15, 0.2) is 11.0 Å². The van der Waals surface area contributed by atoms with Gasteiger partial charge in [-0.2, -0.15) is 5.10 Å². The summed E-state index contributed by atoms with van der Waals surface area (Å²) in [6.45, 7) is 2.10. The molecular weight excluding hydrogens is 320 g/mol. The zero-order valence-electron chi connectivity index (χ0n) is 13.6. The molecule has 3 heterocycles. The maximum absolute atomic E-state index is 4.40. The van der Waals surface area contributed by atoms with Gasteiger partial charge >= 0.3 is 0 Å². The second-order valence-corrected chi connectivity index (χ2v) is 6.92. The molecule has 0 bridgehead atoms. The number of thiazole rings is 1. The van der Waals surface area contributed by atoms with Crippen molar-refractivity contribution >= 4 is 22.2 Å². The monoisotopic (exact) mass is 340 g/mol. The highest BCUT2D eigenvalue weighted by molar-refractivity contribution is 7.13. The molecule has 3 aromatic rings. The highest BCUT2D eigenvalue weighted by Gasteiger charge is 2.20. The van der Waals surface area contributed by atoms with E-state index >= 15 is 0 Å². The second kappa shape index (κ2) is 6.60. The molecule has 124 valence electrons. The fourth-order valence-corrected chi connectivity index (χ4v) is 3.74. The summed E-state index contributed by atoms with van der Waals surface area (Å²) in [6.07, 6.45) is 5.84. The molecule has 1 aliphatic heterocycles. The summed E-state index contributed by atoms with van der Waals surface area (Å²) in [7, 11) is 1.88. The highest BCUT2D eigenvalue weighted by atomic mass is 32.1. The number of hydrogen-bond donors (Lipinski definition) is 1. The van der Waals surface area contributed by atoms with Crippen LogP contribution in [-0.4, -0.2) is 38.9 Å². The van der Waals surface area contributed by atoms with Crippen molar-refractivity contribution in [3.05, 3.63) is 42.2 Å². The first-order chi connectivity index (χ1) is 11.8. The summed E-state index contributed by atoms with van der Waals surface area (Å²) in [4.78, 5) is 11.1. The number of hydrogen-bond acceptors (Lipinski definition) is 6. The number of aryl methyl sites for hydroxylation is 1. The van der Waals surface area contributed by atoms with E-state index in [9.17, 15) is 0 Å². The van der Waals surface area contributed by atoms with Crippen LogP contribution in [0.25, 0.3) is 11.4 Å². The first kappa shape index (κ1) is 15.1. The zero-order chi connectivity index (χ0) is 16.4. The number of nitrogens with zero attached hydrogens (tertiary/aromatic N) is 5. The van der Waals surface area contributed by atoms with Gasteiger partial charge in [-0.15, -0.1) is 11.3 Å². The zero-order valence-corrected chi connectivity index (χ0v) is 14.4. The van der Waals surface area contributed by atoms with Crippen LogP contribution in [0.1, 0.15) is 12.8 Å². The Hall–Kier alpha value is -2.41. The van der Waals surface area contributed by atoms with Crippen molar-refractivity contribution in [2.75, 3.05) is 23.3 Å². The van der Waals surface area contributed by atoms with Gasteiger partial charge in [-0.25, -0.2) is 9.97 Å². The van der Waals surface area contributed by atoms with Crippen LogP contribution in [0.5, 0.6) is 0 Å². The van der Waals surface area contributed by atoms with Crippen LogP contribution in [0.3, 0.4) is 0 Å². The van der Waals surface area contributed by atoms with Crippen LogP contribution in [-0.2, 0) is 7.05 Å². The van der Waals surface area contributed by atoms with E-state index in [4.69, 9.17) is 0 Å². The van der Waals surface area contributed by atoms with E-state index in [0.717, 1.165) is 48.1 Å². The lowest BCUT2D eigenvalue weighted by molar-refractivity contribution is 0.526. The first-order valence-electron chi connectivity index (χ1n) is 8.15. The second-order valence-electron chi connectivity index (χ2n) is 6.04. The Bertz CT molecular complexity index is 789. The van der Waals surface area contributed by atoms with E-state index in [1.165, 1.54) is 0 Å². The molecule has 1 fully saturated rings. The predicted octanol–water partition coefficient (Wildman–Crippen LogP) is 3.02. The lowest BCUT2D eigenvalue weighted by Gasteiger charge is -2.32. The van der Waals surface area contributed by atoms with Gasteiger partial charge in [0.1, 0.15) is 6.33 Å². The molecule has 0 spiro atoms. The minimum absolute atomic E-state index is 0.494. The lowest BCUT2D eigenvalue weighted by atomic mass is 10.0. The first-order valence-corrected chi connectivity index (χ1v) is 9.03. The van der Waals surface area contributed by atoms with Crippen molar-refractivity contribution in [2.45, 2.75) is 18.9 Å². The van der Waals surface area contributed by atoms with Crippen LogP contribution in [0, 0.1) is 0 Å². The molecule has 2 aromatic heterocycles. The van der Waals surface area contributed by atoms with Crippen LogP contribution in [0.4, 0.5) is 10.8 Å². The molecule has 0 saturated carbocycles. The molecule has 1 aromatic carbocycles. The molecule has 0 unspecified atom stereocenters. The van der Waals surface area contributed by atoms with Crippen molar-refractivity contribution in [3.63, 3.8) is 0 Å². The Morgan fingerprint density at radius 2 is 2.08 bits per heavy atom. The van der Waals surface area contributed by atoms with Crippen molar-refractivity contribution in [1.29, 1.82) is 0 Å². The maximum Gasteiger partial charge on any atom is 0.185 e. The number of nitrogens with one attached hydrogen (secondary N) is 1. The van der Waals surface area contributed by atoms with Gasteiger partial charge in [0.25, 0.3) is 0 Å². The highest BCUT2D eigenvalue weighted by Crippen LogP contribution is 2.25. The summed E-state index contributed by atoms with van der Waals surface area (Å²) in [6, 6.07) is 8.83. The van der Waals surface area contributed by atoms with Gasteiger partial charge in [0, 0.05) is 49.0 Å². The van der Waals surface area contributed by atoms with Gasteiger partial charge in [-0.05, 0) is 25.0 Å². The van der Waals surface area contributed by atoms with E-state index in [0.29, 0.717) is 6.04 Å². The van der Waals surface area contributed by atoms with Gasteiger partial charge in [-0.3, -0.25) is 4.68 Å². The van der Waals surface area contributed by atoms with Gasteiger partial charge < -0.3 is 10.2 Å². The predicted molar refractivity (Wildman–Crippen MR) is 97.4 cm³/mol. The Kier molecular flexibility index (Phi) is 4.17. The van der Waals surface area contributed by atoms with Gasteiger partial charge in [0.2, 0.25) is 0 Å². The van der Waals surface area contributed by atoms with Gasteiger partial charge in [0.05, 0.1) is 0 Å². The van der Waals surface area contributed by atoms with Crippen LogP contribution in [0.15, 0.2) is 42.2 Å². The van der Waals surface area contributed by atoms with Crippen LogP contribution in [0.2, 0.25) is 0 Å². The lowest BCUT2D eigenvalue weighted by Crippen LogP contribution is -2.39. The SMILES string of the molecule is Cn1cnc(-c2cccc(NC3CCN(c4nccs4)CC3)c2)n1. The van der Waals surface area contributed by atoms with Crippen molar-refractivity contribution in [1.82, 2.24) is 19.7 Å². The smallest absolute Gasteiger partial charge is 0.185 e. The molecule has 7 heteroatoms. The Morgan fingerprint density at radius 3 is 2.79 bits per heavy atom. The molecule has 1 aliphatic rings. The number of aromatic nitrogens is 4. The summed E-state index contributed by atoms with van der Waals surface area (Å²) < 4.78 is 1.73. The van der Waals surface area contributed by atoms with E-state index in [-0.39, 0.29) is 0 Å². The van der Waals surface area contributed by atoms with E-state index in [1.54, 1.807) is 22.3 Å². The number of rotatable bonds is 4. The fraction of sp³-hybridized carbons (Fsp3) is 0.353. The number of piperidine rings is 1. The molecule has 24 heavy (non-hydrogen) atoms. The topological polar surface area (TPSA) is 58.9 Å². The minimum atomic E-state index is 0.494. The maximum atomic E-state index is 4.40. The molecule has 4 rings (SSSR count). The summed E-state index contributed by atoms with van der Waals surface area (Å²) in [5.74, 6) is 0.764. The molecule has 0 radical (unpaired) electrons. The van der Waals surface area contributed by atoms with Crippen LogP contribution < -0.4 is 10.2 Å². The fourth-order valence-electron chi connectivity index (χ4n) is 3.04. The number of benzene rings is 1. The third kappa shape index (κ3) is 3.26. The molecule has 0 aliphatic carbocycles. The normalized spacial score (nSPS) is 15.6. The molecule has 0 atom stereocenters. The molecular formula is C17H20N6S. The summed E-state index contributed by atoms with van der Waals surface area (Å²) >= 11 is 1.71. The summed E-state index contributed by atoms with van der Waals surface area (Å²) in [5.41, 5.74) is 2.17. The largest absolute Gasteiger partial charge is 0.382 e. The average Bonchev–Trinajstić information content (AvgIpc) is 3.28. The number of anilines is 2. The summed E-state index contributed by atoms with van der Waals surface area (Å²) in [5, 5.41) is 11.2. The molecule has 1 N–H and O–H groups in total. The van der Waals surface area contributed by atoms with E-state index in [2.05, 4.69) is 43.5 Å². The van der Waals surface area contributed by atoms with E-state index in [1.807, 2.05) is 24.7 Å². The van der Waals surface area contributed by atoms with Crippen molar-refractivity contribution in [2.24, 2.45) is 7.05 Å². The van der Waals surface area contributed by atoms with Crippen molar-refractivity contribution in [3.8, 4) is 11.4 Å². The molecule has 0 amide bonds. The third-order valence-corrected chi connectivity index (χ3v) is 5.11. The van der Waals surface area contributed by atoms with E-state index < -0.39 is 0 Å². The third-order valence-electron chi connectivity index (χ3n) is 4.28. The Balaban J connectivity index is 1.39. The van der Waals surface area contributed by atoms with Gasteiger partial charge in [-0.1, -0.05) is 12.1 Å². The van der Waals surface area contributed by atoms with Crippen LogP contribution >= 0.6 is 11.3 Å². The molecule has 6 nitrogen and oxygen atoms in total.